The van der Waals surface area contributed by atoms with Crippen LogP contribution in [0.3, 0.4) is 0 Å². The number of benzene rings is 1. The van der Waals surface area contributed by atoms with Crippen molar-refractivity contribution in [2.24, 2.45) is 0 Å². The van der Waals surface area contributed by atoms with E-state index in [1.165, 1.54) is 24.1 Å². The van der Waals surface area contributed by atoms with Gasteiger partial charge in [0.05, 0.1) is 23.5 Å². The van der Waals surface area contributed by atoms with Crippen molar-refractivity contribution in [3.8, 4) is 11.8 Å². The summed E-state index contributed by atoms with van der Waals surface area (Å²) >= 11 is 5.63. The zero-order chi connectivity index (χ0) is 23.2. The Balaban J connectivity index is 1.72. The topological polar surface area (TPSA) is 138 Å². The molecule has 172 valence electrons. The van der Waals surface area contributed by atoms with Crippen LogP contribution in [0.25, 0.3) is 11.2 Å². The second kappa shape index (κ2) is 8.33. The fourth-order valence-corrected chi connectivity index (χ4v) is 3.61. The number of aromatic nitrogens is 4. The van der Waals surface area contributed by atoms with Crippen molar-refractivity contribution in [3.05, 3.63) is 35.1 Å². The Morgan fingerprint density at radius 1 is 1.31 bits per heavy atom. The lowest BCUT2D eigenvalue weighted by molar-refractivity contribution is -0.137. The number of hydrogen-bond acceptors (Lipinski definition) is 9. The molecule has 1 fully saturated rings. The van der Waals surface area contributed by atoms with Crippen molar-refractivity contribution in [3.63, 3.8) is 0 Å². The number of halogens is 4. The molecule has 0 unspecified atom stereocenters. The van der Waals surface area contributed by atoms with E-state index in [9.17, 15) is 23.4 Å². The second-order valence-electron chi connectivity index (χ2n) is 6.90. The number of fused-ring (bicyclic) bond motifs is 1. The molecule has 0 bridgehead atoms. The number of nitrogens with zero attached hydrogens (tertiary/aromatic N) is 4. The lowest BCUT2D eigenvalue weighted by Gasteiger charge is -2.20. The highest BCUT2D eigenvalue weighted by molar-refractivity contribution is 6.31. The predicted octanol–water partition coefficient (Wildman–Crippen LogP) is 2.14. The number of hydrogen-bond donors (Lipinski definition) is 3. The number of ether oxygens (including phenoxy) is 3. The highest BCUT2D eigenvalue weighted by Crippen LogP contribution is 2.38. The van der Waals surface area contributed by atoms with E-state index >= 15 is 0 Å². The van der Waals surface area contributed by atoms with Gasteiger partial charge in [0, 0.05) is 7.11 Å². The molecule has 4 atom stereocenters. The van der Waals surface area contributed by atoms with E-state index < -0.39 is 47.9 Å². The van der Waals surface area contributed by atoms with E-state index in [1.807, 2.05) is 0 Å². The Kier molecular flexibility index (Phi) is 5.85. The maximum Gasteiger partial charge on any atom is 0.417 e. The van der Waals surface area contributed by atoms with E-state index in [-0.39, 0.29) is 28.7 Å². The molecule has 4 rings (SSSR count). The standard InChI is InChI=1S/C18H17ClF3N5O5/c1-30-13-12(29)10(5-28)32-16(13)27-6-24-11-14(23)25-17(26-15(11)27)31-7-2-3-9(19)8(4-7)18(20,21)22/h2-4,6,10,12-13,16,28-29H,5H2,1H3,(H2,23,25,26)/t10-,12-,13-,16+/m1/s1. The van der Waals surface area contributed by atoms with Crippen molar-refractivity contribution < 1.29 is 37.6 Å². The highest BCUT2D eigenvalue weighted by Gasteiger charge is 2.45. The van der Waals surface area contributed by atoms with E-state index in [1.54, 1.807) is 0 Å². The fraction of sp³-hybridized carbons (Fsp3) is 0.389. The molecule has 1 aliphatic heterocycles. The van der Waals surface area contributed by atoms with Gasteiger partial charge >= 0.3 is 12.2 Å². The summed E-state index contributed by atoms with van der Waals surface area (Å²) in [5, 5.41) is 19.2. The van der Waals surface area contributed by atoms with E-state index in [2.05, 4.69) is 15.0 Å². The lowest BCUT2D eigenvalue weighted by atomic mass is 10.1. The third-order valence-corrected chi connectivity index (χ3v) is 5.25. The lowest BCUT2D eigenvalue weighted by Crippen LogP contribution is -2.34. The number of aliphatic hydroxyl groups excluding tert-OH is 2. The van der Waals surface area contributed by atoms with Gasteiger partial charge in [-0.3, -0.25) is 4.57 Å². The maximum atomic E-state index is 13.1. The summed E-state index contributed by atoms with van der Waals surface area (Å²) in [6.45, 7) is -0.451. The Morgan fingerprint density at radius 3 is 2.72 bits per heavy atom. The van der Waals surface area contributed by atoms with Crippen LogP contribution in [-0.2, 0) is 15.7 Å². The van der Waals surface area contributed by atoms with Gasteiger partial charge in [-0.2, -0.15) is 23.1 Å². The molecule has 0 saturated carbocycles. The summed E-state index contributed by atoms with van der Waals surface area (Å²) < 4.78 is 57.1. The van der Waals surface area contributed by atoms with Crippen LogP contribution >= 0.6 is 11.6 Å². The molecule has 0 amide bonds. The van der Waals surface area contributed by atoms with Gasteiger partial charge in [-0.05, 0) is 18.2 Å². The molecule has 32 heavy (non-hydrogen) atoms. The Morgan fingerprint density at radius 2 is 2.06 bits per heavy atom. The molecule has 2 aromatic heterocycles. The van der Waals surface area contributed by atoms with Crippen molar-refractivity contribution in [1.29, 1.82) is 0 Å². The first-order valence-corrected chi connectivity index (χ1v) is 9.53. The molecule has 14 heteroatoms. The monoisotopic (exact) mass is 475 g/mol. The van der Waals surface area contributed by atoms with Gasteiger partial charge in [0.15, 0.2) is 23.2 Å². The SMILES string of the molecule is CO[C@@H]1[C@H](O)[C@@H](CO)O[C@@H]1n1cnc2c(N)nc(Oc3ccc(Cl)c(C(F)(F)F)c3)nc21. The average Bonchev–Trinajstić information content (AvgIpc) is 3.29. The van der Waals surface area contributed by atoms with Crippen LogP contribution in [-0.4, -0.2) is 61.8 Å². The van der Waals surface area contributed by atoms with Crippen molar-refractivity contribution in [2.75, 3.05) is 19.5 Å². The second-order valence-corrected chi connectivity index (χ2v) is 7.30. The molecule has 1 aromatic carbocycles. The molecular formula is C18H17ClF3N5O5. The number of aliphatic hydroxyl groups is 2. The predicted molar refractivity (Wildman–Crippen MR) is 104 cm³/mol. The van der Waals surface area contributed by atoms with Crippen molar-refractivity contribution >= 4 is 28.6 Å². The number of rotatable bonds is 5. The molecule has 3 aromatic rings. The maximum absolute atomic E-state index is 13.1. The summed E-state index contributed by atoms with van der Waals surface area (Å²) in [5.74, 6) is -0.311. The minimum absolute atomic E-state index is 0.0972. The van der Waals surface area contributed by atoms with Gasteiger partial charge in [0.2, 0.25) is 0 Å². The number of nitrogens with two attached hydrogens (primary N) is 1. The number of imidazole rings is 1. The van der Waals surface area contributed by atoms with E-state index in [4.69, 9.17) is 31.5 Å². The van der Waals surface area contributed by atoms with Crippen LogP contribution in [0.2, 0.25) is 5.02 Å². The van der Waals surface area contributed by atoms with Gasteiger partial charge in [-0.1, -0.05) is 11.6 Å². The summed E-state index contributed by atoms with van der Waals surface area (Å²) in [4.78, 5) is 12.2. The van der Waals surface area contributed by atoms with Crippen molar-refractivity contribution in [2.45, 2.75) is 30.7 Å². The van der Waals surface area contributed by atoms with Crippen LogP contribution in [0.15, 0.2) is 24.5 Å². The van der Waals surface area contributed by atoms with E-state index in [0.29, 0.717) is 6.07 Å². The quantitative estimate of drug-likeness (QED) is 0.506. The third-order valence-electron chi connectivity index (χ3n) is 4.92. The van der Waals surface area contributed by atoms with Gasteiger partial charge in [0.25, 0.3) is 0 Å². The summed E-state index contributed by atoms with van der Waals surface area (Å²) in [7, 11) is 1.36. The third kappa shape index (κ3) is 3.93. The largest absolute Gasteiger partial charge is 0.424 e. The van der Waals surface area contributed by atoms with Crippen LogP contribution in [0.1, 0.15) is 11.8 Å². The zero-order valence-electron chi connectivity index (χ0n) is 16.3. The van der Waals surface area contributed by atoms with Crippen LogP contribution < -0.4 is 10.5 Å². The first-order chi connectivity index (χ1) is 15.1. The van der Waals surface area contributed by atoms with Gasteiger partial charge in [-0.15, -0.1) is 0 Å². The Hall–Kier alpha value is -2.71. The molecule has 10 nitrogen and oxygen atoms in total. The molecule has 0 spiro atoms. The number of nitrogen functional groups attached to an aromatic ring is 1. The zero-order valence-corrected chi connectivity index (χ0v) is 17.1. The molecule has 4 N–H and O–H groups in total. The summed E-state index contributed by atoms with van der Waals surface area (Å²) in [6.07, 6.45) is -7.18. The minimum Gasteiger partial charge on any atom is -0.424 e. The molecule has 3 heterocycles. The smallest absolute Gasteiger partial charge is 0.417 e. The highest BCUT2D eigenvalue weighted by atomic mass is 35.5. The first-order valence-electron chi connectivity index (χ1n) is 9.16. The normalized spacial score (nSPS) is 23.7. The molecule has 0 aliphatic carbocycles. The first kappa shape index (κ1) is 22.5. The van der Waals surface area contributed by atoms with Crippen LogP contribution in [0, 0.1) is 0 Å². The van der Waals surface area contributed by atoms with Crippen LogP contribution in [0.5, 0.6) is 11.8 Å². The molecule has 1 aliphatic rings. The number of methoxy groups -OCH3 is 1. The summed E-state index contributed by atoms with van der Waals surface area (Å²) in [5.41, 5.74) is 5.13. The average molecular weight is 476 g/mol. The van der Waals surface area contributed by atoms with Crippen molar-refractivity contribution in [1.82, 2.24) is 19.5 Å². The van der Waals surface area contributed by atoms with Gasteiger partial charge < -0.3 is 30.2 Å². The minimum atomic E-state index is -4.68. The van der Waals surface area contributed by atoms with E-state index in [0.717, 1.165) is 6.07 Å². The Labute approximate surface area is 183 Å². The molecular weight excluding hydrogens is 459 g/mol. The summed E-state index contributed by atoms with van der Waals surface area (Å²) in [6, 6.07) is 2.63. The van der Waals surface area contributed by atoms with Crippen LogP contribution in [0.4, 0.5) is 19.0 Å². The molecule has 1 saturated heterocycles. The Bertz CT molecular complexity index is 1140. The molecule has 0 radical (unpaired) electrons. The fourth-order valence-electron chi connectivity index (χ4n) is 3.39. The number of alkyl halides is 3. The number of anilines is 1. The van der Waals surface area contributed by atoms with Gasteiger partial charge in [-0.25, -0.2) is 4.98 Å². The van der Waals surface area contributed by atoms with Gasteiger partial charge in [0.1, 0.15) is 24.1 Å².